The molecule has 4 saturated carbocycles. The Bertz CT molecular complexity index is 946. The van der Waals surface area contributed by atoms with E-state index in [4.69, 9.17) is 11.6 Å². The molecule has 4 fully saturated rings. The minimum atomic E-state index is -8.41. The highest BCUT2D eigenvalue weighted by Crippen LogP contribution is 2.91. The van der Waals surface area contributed by atoms with Crippen LogP contribution >= 0.6 is 11.6 Å². The van der Waals surface area contributed by atoms with Crippen LogP contribution in [0.15, 0.2) is 0 Å². The Labute approximate surface area is 195 Å². The van der Waals surface area contributed by atoms with Crippen molar-refractivity contribution < 1.29 is 94.4 Å². The zero-order chi connectivity index (χ0) is 29.5. The third kappa shape index (κ3) is 2.17. The van der Waals surface area contributed by atoms with Gasteiger partial charge < -0.3 is 14.6 Å². The average Bonchev–Trinajstić information content (AvgIpc) is 2.71. The topological polar surface area (TPSA) is 72.8 Å². The quantitative estimate of drug-likeness (QED) is 0.293. The van der Waals surface area contributed by atoms with Gasteiger partial charge in [0.25, 0.3) is 11.0 Å². The van der Waals surface area contributed by atoms with Crippen LogP contribution in [0, 0.1) is 5.41 Å². The molecule has 4 rings (SSSR count). The molecule has 0 saturated heterocycles. The summed E-state index contributed by atoms with van der Waals surface area (Å²) >= 11 is 4.82. The van der Waals surface area contributed by atoms with Crippen LogP contribution in [-0.4, -0.2) is 88.1 Å². The first-order valence-electron chi connectivity index (χ1n) is 8.78. The molecule has 214 valence electrons. The fraction of sp³-hybridized carbons (Fsp3) is 0.867. The smallest absolute Gasteiger partial charge is 0.424 e. The Morgan fingerprint density at radius 3 is 1.38 bits per heavy atom. The highest BCUT2D eigenvalue weighted by Gasteiger charge is 3.24. The van der Waals surface area contributed by atoms with Crippen LogP contribution in [0.4, 0.5) is 70.2 Å². The Hall–Kier alpha value is -1.93. The second-order valence-corrected chi connectivity index (χ2v) is 8.28. The Morgan fingerprint density at radius 2 is 1.03 bits per heavy atom. The van der Waals surface area contributed by atoms with E-state index in [1.807, 2.05) is 0 Å². The van der Waals surface area contributed by atoms with E-state index < -0.39 is 88.4 Å². The Kier molecular flexibility index (Phi) is 5.44. The molecular weight excluding hydrogens is 600 g/mol. The first kappa shape index (κ1) is 29.6. The average molecular weight is 605 g/mol. The molecule has 0 spiro atoms. The molecule has 0 radical (unpaired) electrons. The molecule has 22 heteroatoms. The highest BCUT2D eigenvalue weighted by molar-refractivity contribution is 6.26. The van der Waals surface area contributed by atoms with Gasteiger partial charge in [-0.15, -0.1) is 11.6 Å². The second kappa shape index (κ2) is 6.79. The number of carbonyl (C=O) groups excluding carboxylic acids is 2. The van der Waals surface area contributed by atoms with E-state index in [0.717, 1.165) is 0 Å². The Morgan fingerprint density at radius 1 is 0.649 bits per heavy atom. The van der Waals surface area contributed by atoms with Crippen LogP contribution < -0.4 is 0 Å². The maximum absolute atomic E-state index is 14.9. The molecule has 0 amide bonds. The van der Waals surface area contributed by atoms with Crippen molar-refractivity contribution in [2.45, 2.75) is 58.6 Å². The number of ether oxygens (including phenoxy) is 2. The molecular formula is C15H5ClF16O5. The minimum Gasteiger partial charge on any atom is -0.453 e. The lowest BCUT2D eigenvalue weighted by molar-refractivity contribution is -0.645. The normalized spacial score (nSPS) is 41.2. The summed E-state index contributed by atoms with van der Waals surface area (Å²) in [7, 11) is 0. The number of carbonyl (C=O) groups is 2. The molecule has 0 aromatic heterocycles. The summed E-state index contributed by atoms with van der Waals surface area (Å²) in [5.74, 6) is -55.6. The lowest BCUT2D eigenvalue weighted by Crippen LogP contribution is -3.10. The standard InChI is InChI=1S/C15H5ClF16O5/c16-1-3(33)36-2-4(34)37-15(31,32)5-9(19,20)6(17)12(25,26)7(18,10(5,21)22)14(29,30)8(35,11(5,23)24)13(6,27)28/h35H,1-2H2. The van der Waals surface area contributed by atoms with Crippen molar-refractivity contribution >= 4 is 23.5 Å². The van der Waals surface area contributed by atoms with Crippen LogP contribution in [0.25, 0.3) is 0 Å². The molecule has 0 aromatic carbocycles. The largest absolute Gasteiger partial charge is 0.453 e. The lowest BCUT2D eigenvalue weighted by atomic mass is 9.35. The number of hydrogen-bond donors (Lipinski definition) is 1. The van der Waals surface area contributed by atoms with Crippen molar-refractivity contribution in [1.82, 2.24) is 0 Å². The van der Waals surface area contributed by atoms with Gasteiger partial charge in [-0.05, 0) is 0 Å². The molecule has 0 aromatic rings. The molecule has 4 bridgehead atoms. The summed E-state index contributed by atoms with van der Waals surface area (Å²) in [5.41, 5.74) is -32.3. The number of hydrogen-bond acceptors (Lipinski definition) is 5. The zero-order valence-corrected chi connectivity index (χ0v) is 17.2. The molecule has 2 atom stereocenters. The summed E-state index contributed by atoms with van der Waals surface area (Å²) in [6.07, 6.45) is -7.76. The van der Waals surface area contributed by atoms with E-state index in [2.05, 4.69) is 9.47 Å². The van der Waals surface area contributed by atoms with Crippen molar-refractivity contribution in [2.75, 3.05) is 12.5 Å². The van der Waals surface area contributed by atoms with Crippen LogP contribution in [0.3, 0.4) is 0 Å². The van der Waals surface area contributed by atoms with Crippen molar-refractivity contribution in [3.8, 4) is 0 Å². The molecule has 2 unspecified atom stereocenters. The van der Waals surface area contributed by atoms with Crippen molar-refractivity contribution in [3.63, 3.8) is 0 Å². The summed E-state index contributed by atoms with van der Waals surface area (Å²) in [6.45, 7) is -2.34. The van der Waals surface area contributed by atoms with E-state index in [9.17, 15) is 84.9 Å². The van der Waals surface area contributed by atoms with E-state index in [-0.39, 0.29) is 0 Å². The number of alkyl halides is 17. The molecule has 37 heavy (non-hydrogen) atoms. The minimum absolute atomic E-state index is 1.22. The van der Waals surface area contributed by atoms with Crippen LogP contribution in [0.1, 0.15) is 0 Å². The number of aliphatic hydroxyl groups is 1. The third-order valence-electron chi connectivity index (χ3n) is 6.51. The van der Waals surface area contributed by atoms with Gasteiger partial charge in [0, 0.05) is 0 Å². The van der Waals surface area contributed by atoms with Gasteiger partial charge in [-0.3, -0.25) is 4.79 Å². The van der Waals surface area contributed by atoms with E-state index in [1.54, 1.807) is 0 Å². The van der Waals surface area contributed by atoms with Gasteiger partial charge in [0.15, 0.2) is 6.61 Å². The van der Waals surface area contributed by atoms with Crippen LogP contribution in [0.2, 0.25) is 0 Å². The first-order chi connectivity index (χ1) is 16.1. The first-order valence-corrected chi connectivity index (χ1v) is 9.32. The fourth-order valence-corrected chi connectivity index (χ4v) is 4.94. The molecule has 4 aliphatic carbocycles. The third-order valence-corrected chi connectivity index (χ3v) is 6.73. The maximum Gasteiger partial charge on any atom is 0.424 e. The second-order valence-electron chi connectivity index (χ2n) is 8.01. The van der Waals surface area contributed by atoms with Gasteiger partial charge in [-0.2, -0.15) is 35.1 Å². The summed E-state index contributed by atoms with van der Waals surface area (Å²) in [5, 5.41) is 9.40. The zero-order valence-electron chi connectivity index (χ0n) is 16.4. The number of halogens is 17. The number of rotatable bonds is 5. The van der Waals surface area contributed by atoms with Gasteiger partial charge >= 0.3 is 64.9 Å². The fourth-order valence-electron chi connectivity index (χ4n) is 4.87. The Balaban J connectivity index is 2.49. The van der Waals surface area contributed by atoms with E-state index >= 15 is 0 Å². The van der Waals surface area contributed by atoms with Gasteiger partial charge in [0.1, 0.15) is 5.88 Å². The van der Waals surface area contributed by atoms with E-state index in [1.165, 1.54) is 0 Å². The molecule has 4 aliphatic rings. The molecule has 0 aliphatic heterocycles. The van der Waals surface area contributed by atoms with Gasteiger partial charge in [-0.25, -0.2) is 39.9 Å². The maximum atomic E-state index is 14.9. The van der Waals surface area contributed by atoms with Gasteiger partial charge in [0.2, 0.25) is 0 Å². The highest BCUT2D eigenvalue weighted by atomic mass is 35.5. The molecule has 5 nitrogen and oxygen atoms in total. The predicted molar refractivity (Wildman–Crippen MR) is 77.5 cm³/mol. The monoisotopic (exact) mass is 604 g/mol. The predicted octanol–water partition coefficient (Wildman–Crippen LogP) is 3.89. The van der Waals surface area contributed by atoms with Crippen LogP contribution in [0.5, 0.6) is 0 Å². The van der Waals surface area contributed by atoms with E-state index in [0.29, 0.717) is 0 Å². The summed E-state index contributed by atoms with van der Waals surface area (Å²) in [6, 6.07) is 0. The number of esters is 2. The van der Waals surface area contributed by atoms with Crippen molar-refractivity contribution in [3.05, 3.63) is 0 Å². The molecule has 0 heterocycles. The lowest BCUT2D eigenvalue weighted by Gasteiger charge is -2.75. The summed E-state index contributed by atoms with van der Waals surface area (Å²) < 4.78 is 241. The van der Waals surface area contributed by atoms with Crippen LogP contribution in [-0.2, 0) is 19.1 Å². The van der Waals surface area contributed by atoms with Crippen molar-refractivity contribution in [2.24, 2.45) is 5.41 Å². The molecule has 1 N–H and O–H groups in total. The van der Waals surface area contributed by atoms with Gasteiger partial charge in [0.05, 0.1) is 0 Å². The van der Waals surface area contributed by atoms with Gasteiger partial charge in [-0.1, -0.05) is 0 Å². The SMILES string of the molecule is O=C(CCl)OCC(=O)OC(F)(F)C12C(F)(F)C3(O)C(F)(F)C(F)(C(F)(F)C(F)(C3(F)F)C1(F)F)C2(F)F. The summed E-state index contributed by atoms with van der Waals surface area (Å²) in [4.78, 5) is 22.1. The van der Waals surface area contributed by atoms with Crippen molar-refractivity contribution in [1.29, 1.82) is 0 Å².